The van der Waals surface area contributed by atoms with Gasteiger partial charge in [-0.15, -0.1) is 0 Å². The van der Waals surface area contributed by atoms with Crippen LogP contribution in [0.1, 0.15) is 226 Å². The van der Waals surface area contributed by atoms with Gasteiger partial charge in [-0.25, -0.2) is 0 Å². The van der Waals surface area contributed by atoms with Gasteiger partial charge in [0.15, 0.2) is 0 Å². The Kier molecular flexibility index (Phi) is 30.2. The van der Waals surface area contributed by atoms with Crippen molar-refractivity contribution in [3.05, 3.63) is 36.5 Å². The van der Waals surface area contributed by atoms with E-state index in [4.69, 9.17) is 22.0 Å². The predicted octanol–water partition coefficient (Wildman–Crippen LogP) is 15.0. The summed E-state index contributed by atoms with van der Waals surface area (Å²) in [7, 11) is 1.56. The highest BCUT2D eigenvalue weighted by molar-refractivity contribution is 5.79. The fourth-order valence-electron chi connectivity index (χ4n) is 13.5. The predicted molar refractivity (Wildman–Crippen MR) is 304 cm³/mol. The maximum absolute atomic E-state index is 11.0. The van der Waals surface area contributed by atoms with Gasteiger partial charge in [0.05, 0.1) is 0 Å². The number of carbonyl (C=O) groups is 4. The molecule has 13 atom stereocenters. The van der Waals surface area contributed by atoms with E-state index in [9.17, 15) is 14.4 Å². The molecule has 0 saturated heterocycles. The Morgan fingerprint density at radius 2 is 0.817 bits per heavy atom. The lowest BCUT2D eigenvalue weighted by atomic mass is 9.72. The van der Waals surface area contributed by atoms with Crippen molar-refractivity contribution in [3.8, 4) is 0 Å². The lowest BCUT2D eigenvalue weighted by Gasteiger charge is -2.33. The van der Waals surface area contributed by atoms with E-state index >= 15 is 0 Å². The molecule has 9 aliphatic rings. The molecule has 0 aliphatic heterocycles. The van der Waals surface area contributed by atoms with E-state index in [0.717, 1.165) is 48.9 Å². The first-order chi connectivity index (χ1) is 33.3. The molecule has 6 saturated carbocycles. The third kappa shape index (κ3) is 21.8. The lowest BCUT2D eigenvalue weighted by Crippen LogP contribution is -2.31. The topological polar surface area (TPSA) is 158 Å². The van der Waals surface area contributed by atoms with Gasteiger partial charge in [0.2, 0.25) is 24.1 Å². The Bertz CT molecular complexity index is 1530. The standard InChI is InChI=1S/C11H18.2C10H20.2C9H13NO.C8H15NO.C2H5NO.2C2H6/c1-11(2,3)10-7-8-4-5-9(10)6-8;2*1-10(2,3)9-7-5-4-6-8-9;2*1-5-6-2-3-7(4-6)8(5)9(10)11;1-6-4-2-3-5-7(6)8(9)10;1-3-2-4;2*1-2/h4-5,8-10H,6-7H2,1-3H3;2*9H,4-8H2,1-3H3;2*2-3,5-8H,4H2,1H3,(H2,10,11);6-7H,2-5H2,1H3,(H2,9,10);2H,1H3,(H,3,4);2*1-2H3/t;;;5-,6+,7-,8-;;6-,7+;;;/m...1.1.../s1. The molecular formula is C63H116N4O4. The monoisotopic (exact) mass is 993 g/mol. The first-order valence-electron chi connectivity index (χ1n) is 29.3. The van der Waals surface area contributed by atoms with Gasteiger partial charge in [-0.05, 0) is 151 Å². The zero-order valence-corrected chi connectivity index (χ0v) is 49.3. The van der Waals surface area contributed by atoms with Crippen LogP contribution in [0.5, 0.6) is 0 Å². The number of nitrogens with two attached hydrogens (primary N) is 3. The summed E-state index contributed by atoms with van der Waals surface area (Å²) in [6.45, 7) is 35.8. The van der Waals surface area contributed by atoms with Crippen LogP contribution in [0.2, 0.25) is 0 Å². The molecule has 0 aromatic carbocycles. The van der Waals surface area contributed by atoms with Crippen molar-refractivity contribution in [2.45, 2.75) is 226 Å². The van der Waals surface area contributed by atoms with Crippen LogP contribution >= 0.6 is 0 Å². The van der Waals surface area contributed by atoms with Crippen LogP contribution in [-0.2, 0) is 19.2 Å². The average Bonchev–Trinajstić information content (AvgIpc) is 4.22. The summed E-state index contributed by atoms with van der Waals surface area (Å²) in [5.41, 5.74) is 17.5. The molecule has 0 spiro atoms. The minimum Gasteiger partial charge on any atom is -0.369 e. The van der Waals surface area contributed by atoms with Crippen LogP contribution in [0.4, 0.5) is 0 Å². The minimum atomic E-state index is -0.116. The van der Waals surface area contributed by atoms with Crippen molar-refractivity contribution in [1.29, 1.82) is 0 Å². The molecule has 7 unspecified atom stereocenters. The van der Waals surface area contributed by atoms with Crippen LogP contribution in [0, 0.1) is 105 Å². The summed E-state index contributed by atoms with van der Waals surface area (Å²) in [6, 6.07) is 0. The quantitative estimate of drug-likeness (QED) is 0.163. The summed E-state index contributed by atoms with van der Waals surface area (Å²) in [4.78, 5) is 41.8. The first kappa shape index (κ1) is 66.1. The second-order valence-corrected chi connectivity index (χ2v) is 25.8. The smallest absolute Gasteiger partial charge is 0.221 e. The zero-order valence-electron chi connectivity index (χ0n) is 49.3. The highest BCUT2D eigenvalue weighted by Gasteiger charge is 2.46. The Hall–Kier alpha value is -2.90. The SMILES string of the molecule is CC.CC.CC(C)(C)C1CC2C=CC1C2.CC(C)(C)C1CCCCC1.CC(C)(C)C1CCCCC1.CC1C2C=CC(C2)C1C(N)=O.CNC=O.C[C@@H]1CCCC[C@@H]1C(N)=O.C[C@H]1[C@@H](C(N)=O)[C@@H]2C=C[C@H]1C2. The molecule has 8 heteroatoms. The van der Waals surface area contributed by atoms with Gasteiger partial charge in [0.1, 0.15) is 0 Å². The number of carbonyl (C=O) groups excluding carboxylic acids is 4. The molecule has 9 aliphatic carbocycles. The summed E-state index contributed by atoms with van der Waals surface area (Å²) in [6.07, 6.45) is 38.8. The molecule has 0 radical (unpaired) electrons. The number of allylic oxidation sites excluding steroid dienone is 6. The number of amides is 4. The van der Waals surface area contributed by atoms with Crippen molar-refractivity contribution in [2.75, 3.05) is 7.05 Å². The highest BCUT2D eigenvalue weighted by atomic mass is 16.2. The van der Waals surface area contributed by atoms with Crippen molar-refractivity contribution in [2.24, 2.45) is 122 Å². The number of primary amides is 3. The summed E-state index contributed by atoms with van der Waals surface area (Å²) in [5, 5.41) is 2.25. The van der Waals surface area contributed by atoms with Gasteiger partial charge in [0.25, 0.3) is 0 Å². The van der Waals surface area contributed by atoms with Crippen LogP contribution in [-0.4, -0.2) is 31.2 Å². The Balaban J connectivity index is 0.000000414. The molecule has 8 nitrogen and oxygen atoms in total. The molecule has 0 aromatic heterocycles. The summed E-state index contributed by atoms with van der Waals surface area (Å²) >= 11 is 0. The minimum absolute atomic E-state index is 0.104. The fraction of sp³-hybridized carbons (Fsp3) is 0.841. The van der Waals surface area contributed by atoms with Crippen molar-refractivity contribution >= 4 is 24.1 Å². The van der Waals surface area contributed by atoms with Crippen molar-refractivity contribution in [3.63, 3.8) is 0 Å². The van der Waals surface area contributed by atoms with Crippen LogP contribution in [0.3, 0.4) is 0 Å². The Labute approximate surface area is 439 Å². The van der Waals surface area contributed by atoms with E-state index in [1.807, 2.05) is 27.7 Å². The first-order valence-corrected chi connectivity index (χ1v) is 29.3. The molecule has 0 heterocycles. The second kappa shape index (κ2) is 32.4. The Morgan fingerprint density at radius 1 is 0.465 bits per heavy atom. The molecule has 71 heavy (non-hydrogen) atoms. The summed E-state index contributed by atoms with van der Waals surface area (Å²) in [5.74, 6) is 8.48. The van der Waals surface area contributed by atoms with Gasteiger partial charge in [-0.2, -0.15) is 0 Å². The van der Waals surface area contributed by atoms with E-state index in [0.29, 0.717) is 64.1 Å². The largest absolute Gasteiger partial charge is 0.369 e. The second-order valence-electron chi connectivity index (χ2n) is 25.8. The Morgan fingerprint density at radius 3 is 1.01 bits per heavy atom. The molecule has 7 N–H and O–H groups in total. The molecule has 6 fully saturated rings. The normalized spacial score (nSPS) is 32.7. The molecule has 4 amide bonds. The number of nitrogens with one attached hydrogen (secondary N) is 1. The lowest BCUT2D eigenvalue weighted by molar-refractivity contribution is -0.124. The van der Waals surface area contributed by atoms with E-state index < -0.39 is 0 Å². The third-order valence-electron chi connectivity index (χ3n) is 18.0. The van der Waals surface area contributed by atoms with Gasteiger partial charge >= 0.3 is 0 Å². The number of hydrogen-bond donors (Lipinski definition) is 4. The van der Waals surface area contributed by atoms with Gasteiger partial charge in [0, 0.05) is 24.8 Å². The maximum atomic E-state index is 11.0. The van der Waals surface area contributed by atoms with E-state index in [2.05, 4.69) is 125 Å². The average molecular weight is 994 g/mol. The van der Waals surface area contributed by atoms with E-state index in [1.54, 1.807) is 7.05 Å². The third-order valence-corrected chi connectivity index (χ3v) is 18.0. The van der Waals surface area contributed by atoms with Crippen molar-refractivity contribution in [1.82, 2.24) is 5.32 Å². The van der Waals surface area contributed by atoms with Crippen LogP contribution in [0.15, 0.2) is 36.5 Å². The van der Waals surface area contributed by atoms with Gasteiger partial charge < -0.3 is 22.5 Å². The maximum Gasteiger partial charge on any atom is 0.221 e. The fourth-order valence-corrected chi connectivity index (χ4v) is 13.5. The molecule has 6 bridgehead atoms. The van der Waals surface area contributed by atoms with Gasteiger partial charge in [-0.3, -0.25) is 19.2 Å². The summed E-state index contributed by atoms with van der Waals surface area (Å²) < 4.78 is 0. The van der Waals surface area contributed by atoms with Crippen molar-refractivity contribution < 1.29 is 19.2 Å². The van der Waals surface area contributed by atoms with Gasteiger partial charge in [-0.1, -0.05) is 199 Å². The number of hydrogen-bond acceptors (Lipinski definition) is 4. The zero-order chi connectivity index (χ0) is 54.3. The molecular weight excluding hydrogens is 877 g/mol. The molecule has 9 rings (SSSR count). The highest BCUT2D eigenvalue weighted by Crippen LogP contribution is 2.51. The van der Waals surface area contributed by atoms with Crippen LogP contribution < -0.4 is 22.5 Å². The van der Waals surface area contributed by atoms with E-state index in [1.165, 1.54) is 96.3 Å². The number of fused-ring (bicyclic) bond motifs is 6. The van der Waals surface area contributed by atoms with Crippen LogP contribution in [0.25, 0.3) is 0 Å². The molecule has 0 aromatic rings. The van der Waals surface area contributed by atoms with E-state index in [-0.39, 0.29) is 35.5 Å². The number of rotatable bonds is 4. The molecule has 412 valence electrons.